The van der Waals surface area contributed by atoms with E-state index in [1.807, 2.05) is 13.1 Å². The van der Waals surface area contributed by atoms with E-state index in [0.29, 0.717) is 6.04 Å². The van der Waals surface area contributed by atoms with Crippen molar-refractivity contribution in [2.24, 2.45) is 5.92 Å². The van der Waals surface area contributed by atoms with Gasteiger partial charge in [-0.2, -0.15) is 8.42 Å². The fourth-order valence-electron chi connectivity index (χ4n) is 3.06. The summed E-state index contributed by atoms with van der Waals surface area (Å²) in [5.41, 5.74) is 2.13. The molecule has 0 amide bonds. The molecule has 0 saturated carbocycles. The fraction of sp³-hybridized carbons (Fsp3) is 0.389. The highest BCUT2D eigenvalue weighted by Gasteiger charge is 2.39. The number of methoxy groups -OCH3 is 1. The van der Waals surface area contributed by atoms with E-state index >= 15 is 0 Å². The lowest BCUT2D eigenvalue weighted by Gasteiger charge is -2.29. The van der Waals surface area contributed by atoms with Gasteiger partial charge < -0.3 is 15.0 Å². The number of nitrogens with zero attached hydrogens (tertiary/aromatic N) is 2. The van der Waals surface area contributed by atoms with E-state index in [4.69, 9.17) is 9.29 Å². The Bertz CT molecular complexity index is 843. The number of fused-ring (bicyclic) bond motifs is 1. The van der Waals surface area contributed by atoms with Crippen LogP contribution in [-0.2, 0) is 10.1 Å². The maximum absolute atomic E-state index is 10.5. The number of nitrogens with one attached hydrogen (secondary N) is 1. The van der Waals surface area contributed by atoms with Gasteiger partial charge in [0.25, 0.3) is 10.1 Å². The second-order valence-corrected chi connectivity index (χ2v) is 7.97. The van der Waals surface area contributed by atoms with Gasteiger partial charge in [0.15, 0.2) is 0 Å². The highest BCUT2D eigenvalue weighted by atomic mass is 32.2. The van der Waals surface area contributed by atoms with Gasteiger partial charge in [-0.25, -0.2) is 0 Å². The van der Waals surface area contributed by atoms with Crippen molar-refractivity contribution in [3.05, 3.63) is 48.3 Å². The predicted octanol–water partition coefficient (Wildman–Crippen LogP) is 1.74. The third-order valence-corrected chi connectivity index (χ3v) is 5.57. The minimum absolute atomic E-state index is 0.0666. The molecule has 2 N–H and O–H groups in total. The van der Waals surface area contributed by atoms with Gasteiger partial charge >= 0.3 is 0 Å². The summed E-state index contributed by atoms with van der Waals surface area (Å²) >= 11 is 0. The standard InChI is InChI=1S/C11H15N3O.C7H8O3S/c1-15-10-2-9(4-12-5-10)14-6-8-3-13-11(8)7-14;1-6-2-4-7(5-3-6)11(8,9)10/h2,4-5,8,11,13H,3,6-7H2,1H3;2-5H,1H3,(H,8,9,10)/t8-,11+;/m1./s1. The first-order valence-corrected chi connectivity index (χ1v) is 9.82. The first kappa shape index (κ1) is 18.6. The van der Waals surface area contributed by atoms with Gasteiger partial charge in [0.05, 0.1) is 30.1 Å². The summed E-state index contributed by atoms with van der Waals surface area (Å²) in [5, 5.41) is 3.44. The fourth-order valence-corrected chi connectivity index (χ4v) is 3.54. The molecule has 2 aliphatic rings. The maximum Gasteiger partial charge on any atom is 0.294 e. The molecular formula is C18H23N3O4S. The zero-order chi connectivity index (χ0) is 18.7. The summed E-state index contributed by atoms with van der Waals surface area (Å²) in [5.74, 6) is 1.66. The SMILES string of the molecule is COc1cncc(N2C[C@H]3CN[C@H]3C2)c1.Cc1ccc(S(=O)(=O)O)cc1. The Morgan fingerprint density at radius 1 is 1.23 bits per heavy atom. The molecule has 2 saturated heterocycles. The van der Waals surface area contributed by atoms with E-state index in [2.05, 4.69) is 21.3 Å². The van der Waals surface area contributed by atoms with E-state index in [-0.39, 0.29) is 4.90 Å². The molecule has 2 fully saturated rings. The van der Waals surface area contributed by atoms with Crippen LogP contribution in [0.15, 0.2) is 47.6 Å². The van der Waals surface area contributed by atoms with E-state index in [1.165, 1.54) is 24.4 Å². The van der Waals surface area contributed by atoms with Crippen molar-refractivity contribution in [3.8, 4) is 5.75 Å². The smallest absolute Gasteiger partial charge is 0.294 e. The Balaban J connectivity index is 0.000000160. The average molecular weight is 377 g/mol. The maximum atomic E-state index is 10.5. The summed E-state index contributed by atoms with van der Waals surface area (Å²) in [6, 6.07) is 8.73. The Kier molecular flexibility index (Phi) is 5.45. The molecule has 140 valence electrons. The van der Waals surface area contributed by atoms with Gasteiger partial charge in [0, 0.05) is 37.7 Å². The van der Waals surface area contributed by atoms with Gasteiger partial charge in [-0.15, -0.1) is 0 Å². The third kappa shape index (κ3) is 4.32. The van der Waals surface area contributed by atoms with Crippen molar-refractivity contribution < 1.29 is 17.7 Å². The Morgan fingerprint density at radius 2 is 1.96 bits per heavy atom. The first-order chi connectivity index (χ1) is 12.4. The molecule has 0 spiro atoms. The van der Waals surface area contributed by atoms with Gasteiger partial charge in [-0.05, 0) is 19.1 Å². The van der Waals surface area contributed by atoms with Crippen molar-refractivity contribution in [2.75, 3.05) is 31.6 Å². The van der Waals surface area contributed by atoms with Gasteiger partial charge in [0.2, 0.25) is 0 Å². The van der Waals surface area contributed by atoms with Crippen LogP contribution < -0.4 is 15.0 Å². The molecule has 4 rings (SSSR count). The first-order valence-electron chi connectivity index (χ1n) is 8.38. The minimum atomic E-state index is -4.02. The Hall–Kier alpha value is -2.16. The quantitative estimate of drug-likeness (QED) is 0.787. The van der Waals surface area contributed by atoms with E-state index in [0.717, 1.165) is 30.3 Å². The lowest BCUT2D eigenvalue weighted by atomic mass is 9.96. The third-order valence-electron chi connectivity index (χ3n) is 4.70. The number of aromatic nitrogens is 1. The molecule has 7 nitrogen and oxygen atoms in total. The normalized spacial score (nSPS) is 21.3. The van der Waals surface area contributed by atoms with E-state index in [9.17, 15) is 8.42 Å². The largest absolute Gasteiger partial charge is 0.495 e. The molecule has 3 heterocycles. The highest BCUT2D eigenvalue weighted by Crippen LogP contribution is 2.29. The topological polar surface area (TPSA) is 91.8 Å². The Morgan fingerprint density at radius 3 is 2.46 bits per heavy atom. The molecule has 0 unspecified atom stereocenters. The van der Waals surface area contributed by atoms with Crippen LogP contribution in [0, 0.1) is 12.8 Å². The van der Waals surface area contributed by atoms with E-state index in [1.54, 1.807) is 25.4 Å². The Labute approximate surface area is 153 Å². The molecule has 0 bridgehead atoms. The molecule has 1 aromatic carbocycles. The van der Waals surface area contributed by atoms with Crippen molar-refractivity contribution in [2.45, 2.75) is 17.9 Å². The summed E-state index contributed by atoms with van der Waals surface area (Å²) in [6.07, 6.45) is 3.65. The van der Waals surface area contributed by atoms with Gasteiger partial charge in [0.1, 0.15) is 5.75 Å². The number of rotatable bonds is 3. The lowest BCUT2D eigenvalue weighted by Crippen LogP contribution is -2.51. The van der Waals surface area contributed by atoms with E-state index < -0.39 is 10.1 Å². The number of hydrogen-bond acceptors (Lipinski definition) is 6. The van der Waals surface area contributed by atoms with Crippen LogP contribution in [0.2, 0.25) is 0 Å². The predicted molar refractivity (Wildman–Crippen MR) is 99.3 cm³/mol. The molecular weight excluding hydrogens is 354 g/mol. The highest BCUT2D eigenvalue weighted by molar-refractivity contribution is 7.85. The van der Waals surface area contributed by atoms with Crippen molar-refractivity contribution in [3.63, 3.8) is 0 Å². The van der Waals surface area contributed by atoms with Crippen LogP contribution in [0.4, 0.5) is 5.69 Å². The summed E-state index contributed by atoms with van der Waals surface area (Å²) < 4.78 is 34.7. The lowest BCUT2D eigenvalue weighted by molar-refractivity contribution is 0.297. The van der Waals surface area contributed by atoms with Crippen LogP contribution in [0.1, 0.15) is 5.56 Å². The average Bonchev–Trinajstić information content (AvgIpc) is 2.90. The number of benzene rings is 1. The van der Waals surface area contributed by atoms with Crippen molar-refractivity contribution in [1.82, 2.24) is 10.3 Å². The summed E-state index contributed by atoms with van der Waals surface area (Å²) in [4.78, 5) is 6.50. The molecule has 2 aliphatic heterocycles. The zero-order valence-electron chi connectivity index (χ0n) is 14.8. The second kappa shape index (κ2) is 7.61. The number of aryl methyl sites for hydroxylation is 1. The van der Waals surface area contributed by atoms with Crippen LogP contribution in [-0.4, -0.2) is 50.7 Å². The molecule has 1 aromatic heterocycles. The van der Waals surface area contributed by atoms with Crippen LogP contribution >= 0.6 is 0 Å². The minimum Gasteiger partial charge on any atom is -0.495 e. The summed E-state index contributed by atoms with van der Waals surface area (Å²) in [6.45, 7) is 5.25. The number of pyridine rings is 1. The zero-order valence-corrected chi connectivity index (χ0v) is 15.6. The van der Waals surface area contributed by atoms with Crippen LogP contribution in [0.5, 0.6) is 5.75 Å². The molecule has 8 heteroatoms. The second-order valence-electron chi connectivity index (χ2n) is 6.55. The monoisotopic (exact) mass is 377 g/mol. The van der Waals surface area contributed by atoms with Crippen molar-refractivity contribution in [1.29, 1.82) is 0 Å². The van der Waals surface area contributed by atoms with Gasteiger partial charge in [-0.1, -0.05) is 17.7 Å². The number of hydrogen-bond donors (Lipinski definition) is 2. The van der Waals surface area contributed by atoms with Crippen molar-refractivity contribution >= 4 is 15.8 Å². The van der Waals surface area contributed by atoms with Crippen LogP contribution in [0.25, 0.3) is 0 Å². The molecule has 0 radical (unpaired) electrons. The van der Waals surface area contributed by atoms with Gasteiger partial charge in [-0.3, -0.25) is 9.54 Å². The molecule has 0 aliphatic carbocycles. The summed E-state index contributed by atoms with van der Waals surface area (Å²) in [7, 11) is -2.34. The van der Waals surface area contributed by atoms with Crippen LogP contribution in [0.3, 0.4) is 0 Å². The molecule has 26 heavy (non-hydrogen) atoms. The molecule has 2 aromatic rings. The number of anilines is 1. The number of ether oxygens (including phenoxy) is 1. The molecule has 2 atom stereocenters.